The molecular formula is C21H19N5OS. The Morgan fingerprint density at radius 1 is 1.00 bits per heavy atom. The van der Waals surface area contributed by atoms with Crippen LogP contribution in [0.5, 0.6) is 0 Å². The fourth-order valence-corrected chi connectivity index (χ4v) is 4.36. The van der Waals surface area contributed by atoms with Crippen LogP contribution < -0.4 is 4.90 Å². The number of hydrogen-bond donors (Lipinski definition) is 0. The van der Waals surface area contributed by atoms with E-state index < -0.39 is 0 Å². The maximum atomic E-state index is 12.7. The first-order valence-corrected chi connectivity index (χ1v) is 10.3. The summed E-state index contributed by atoms with van der Waals surface area (Å²) in [5.41, 5.74) is 2.57. The Morgan fingerprint density at radius 3 is 2.57 bits per heavy atom. The van der Waals surface area contributed by atoms with Crippen molar-refractivity contribution in [2.75, 3.05) is 18.0 Å². The van der Waals surface area contributed by atoms with Crippen molar-refractivity contribution in [1.29, 1.82) is 0 Å². The number of ketones is 1. The highest BCUT2D eigenvalue weighted by atomic mass is 32.1. The van der Waals surface area contributed by atoms with Crippen molar-refractivity contribution < 1.29 is 4.79 Å². The predicted octanol–water partition coefficient (Wildman–Crippen LogP) is 3.95. The van der Waals surface area contributed by atoms with Gasteiger partial charge in [-0.2, -0.15) is 15.9 Å². The van der Waals surface area contributed by atoms with Gasteiger partial charge in [-0.3, -0.25) is 4.79 Å². The van der Waals surface area contributed by atoms with Crippen molar-refractivity contribution in [3.63, 3.8) is 0 Å². The SMILES string of the molecule is O=C(c1ccccc1)C1CCN(c2ccc3nnc(-c4ccsc4)n3n2)CC1. The van der Waals surface area contributed by atoms with Gasteiger partial charge in [0, 0.05) is 35.5 Å². The van der Waals surface area contributed by atoms with E-state index in [9.17, 15) is 4.79 Å². The summed E-state index contributed by atoms with van der Waals surface area (Å²) in [4.78, 5) is 14.9. The van der Waals surface area contributed by atoms with E-state index in [2.05, 4.69) is 15.1 Å². The number of thiophene rings is 1. The van der Waals surface area contributed by atoms with Crippen LogP contribution in [0.1, 0.15) is 23.2 Å². The van der Waals surface area contributed by atoms with Gasteiger partial charge in [-0.1, -0.05) is 30.3 Å². The van der Waals surface area contributed by atoms with Crippen molar-refractivity contribution in [3.8, 4) is 11.4 Å². The largest absolute Gasteiger partial charge is 0.355 e. The summed E-state index contributed by atoms with van der Waals surface area (Å²) in [7, 11) is 0. The molecule has 0 spiro atoms. The second-order valence-corrected chi connectivity index (χ2v) is 7.77. The average Bonchev–Trinajstić information content (AvgIpc) is 3.43. The number of anilines is 1. The molecule has 6 nitrogen and oxygen atoms in total. The molecule has 4 aromatic rings. The lowest BCUT2D eigenvalue weighted by atomic mass is 9.89. The molecule has 1 aliphatic rings. The molecule has 1 aliphatic heterocycles. The van der Waals surface area contributed by atoms with Crippen LogP contribution in [0.3, 0.4) is 0 Å². The summed E-state index contributed by atoms with van der Waals surface area (Å²) in [6.45, 7) is 1.63. The predicted molar refractivity (Wildman–Crippen MR) is 110 cm³/mol. The molecule has 1 saturated heterocycles. The highest BCUT2D eigenvalue weighted by Gasteiger charge is 2.26. The summed E-state index contributed by atoms with van der Waals surface area (Å²) < 4.78 is 1.80. The second kappa shape index (κ2) is 7.16. The van der Waals surface area contributed by atoms with Crippen molar-refractivity contribution >= 4 is 28.6 Å². The molecule has 0 unspecified atom stereocenters. The zero-order valence-corrected chi connectivity index (χ0v) is 16.0. The number of hydrogen-bond acceptors (Lipinski definition) is 6. The molecule has 0 N–H and O–H groups in total. The van der Waals surface area contributed by atoms with Crippen LogP contribution in [0, 0.1) is 5.92 Å². The molecule has 0 atom stereocenters. The lowest BCUT2D eigenvalue weighted by Gasteiger charge is -2.32. The first-order chi connectivity index (χ1) is 13.8. The molecule has 0 aliphatic carbocycles. The number of benzene rings is 1. The number of rotatable bonds is 4. The molecular weight excluding hydrogens is 370 g/mol. The van der Waals surface area contributed by atoms with Gasteiger partial charge in [0.2, 0.25) is 0 Å². The lowest BCUT2D eigenvalue weighted by Crippen LogP contribution is -2.37. The summed E-state index contributed by atoms with van der Waals surface area (Å²) in [6, 6.07) is 15.6. The Hall–Kier alpha value is -3.06. The van der Waals surface area contributed by atoms with Crippen LogP contribution in [-0.2, 0) is 0 Å². The van der Waals surface area contributed by atoms with E-state index in [4.69, 9.17) is 5.10 Å². The summed E-state index contributed by atoms with van der Waals surface area (Å²) in [5.74, 6) is 1.99. The third kappa shape index (κ3) is 3.07. The van der Waals surface area contributed by atoms with E-state index in [0.717, 1.165) is 54.3 Å². The van der Waals surface area contributed by atoms with E-state index in [1.165, 1.54) is 0 Å². The maximum Gasteiger partial charge on any atom is 0.186 e. The number of nitrogens with zero attached hydrogens (tertiary/aromatic N) is 5. The van der Waals surface area contributed by atoms with Gasteiger partial charge < -0.3 is 4.90 Å². The molecule has 0 radical (unpaired) electrons. The smallest absolute Gasteiger partial charge is 0.186 e. The van der Waals surface area contributed by atoms with E-state index in [1.807, 2.05) is 59.3 Å². The summed E-state index contributed by atoms with van der Waals surface area (Å²) in [6.07, 6.45) is 1.68. The number of carbonyl (C=O) groups is 1. The number of carbonyl (C=O) groups excluding carboxylic acids is 1. The van der Waals surface area contributed by atoms with Crippen molar-refractivity contribution in [3.05, 3.63) is 64.9 Å². The van der Waals surface area contributed by atoms with Crippen LogP contribution in [0.4, 0.5) is 5.82 Å². The number of aromatic nitrogens is 4. The van der Waals surface area contributed by atoms with Gasteiger partial charge in [-0.15, -0.1) is 15.3 Å². The summed E-state index contributed by atoms with van der Waals surface area (Å²) in [5, 5.41) is 17.4. The van der Waals surface area contributed by atoms with Crippen LogP contribution in [0.25, 0.3) is 17.0 Å². The van der Waals surface area contributed by atoms with Gasteiger partial charge in [-0.25, -0.2) is 0 Å². The van der Waals surface area contributed by atoms with Crippen LogP contribution in [-0.4, -0.2) is 38.7 Å². The minimum atomic E-state index is 0.0821. The number of fused-ring (bicyclic) bond motifs is 1. The monoisotopic (exact) mass is 389 g/mol. The van der Waals surface area contributed by atoms with Gasteiger partial charge in [0.1, 0.15) is 5.82 Å². The van der Waals surface area contributed by atoms with Crippen LogP contribution in [0.2, 0.25) is 0 Å². The van der Waals surface area contributed by atoms with E-state index in [0.29, 0.717) is 0 Å². The Kier molecular flexibility index (Phi) is 4.37. The molecule has 0 saturated carbocycles. The van der Waals surface area contributed by atoms with Gasteiger partial charge in [-0.05, 0) is 36.4 Å². The third-order valence-corrected chi connectivity index (χ3v) is 5.96. The van der Waals surface area contributed by atoms with Gasteiger partial charge in [0.15, 0.2) is 17.3 Å². The quantitative estimate of drug-likeness (QED) is 0.495. The van der Waals surface area contributed by atoms with Crippen molar-refractivity contribution in [2.24, 2.45) is 5.92 Å². The third-order valence-electron chi connectivity index (χ3n) is 5.28. The average molecular weight is 389 g/mol. The molecule has 5 rings (SSSR count). The van der Waals surface area contributed by atoms with Crippen molar-refractivity contribution in [2.45, 2.75) is 12.8 Å². The van der Waals surface area contributed by atoms with Gasteiger partial charge >= 0.3 is 0 Å². The minimum absolute atomic E-state index is 0.0821. The first-order valence-electron chi connectivity index (χ1n) is 9.39. The Labute approximate surface area is 166 Å². The van der Waals surface area contributed by atoms with Crippen molar-refractivity contribution in [1.82, 2.24) is 19.8 Å². The van der Waals surface area contributed by atoms with Gasteiger partial charge in [0.25, 0.3) is 0 Å². The lowest BCUT2D eigenvalue weighted by molar-refractivity contribution is 0.0900. The molecule has 0 amide bonds. The zero-order chi connectivity index (χ0) is 18.9. The zero-order valence-electron chi connectivity index (χ0n) is 15.2. The Balaban J connectivity index is 1.34. The highest BCUT2D eigenvalue weighted by Crippen LogP contribution is 2.26. The van der Waals surface area contributed by atoms with E-state index in [-0.39, 0.29) is 11.7 Å². The minimum Gasteiger partial charge on any atom is -0.355 e. The van der Waals surface area contributed by atoms with E-state index >= 15 is 0 Å². The first kappa shape index (κ1) is 17.1. The molecule has 1 aromatic carbocycles. The van der Waals surface area contributed by atoms with Crippen LogP contribution >= 0.6 is 11.3 Å². The molecule has 4 heterocycles. The topological polar surface area (TPSA) is 63.4 Å². The molecule has 28 heavy (non-hydrogen) atoms. The normalized spacial score (nSPS) is 15.2. The molecule has 1 fully saturated rings. The van der Waals surface area contributed by atoms with Gasteiger partial charge in [0.05, 0.1) is 0 Å². The number of piperidine rings is 1. The summed E-state index contributed by atoms with van der Waals surface area (Å²) >= 11 is 1.63. The number of Topliss-reactive ketones (excluding diaryl/α,β-unsaturated/α-hetero) is 1. The highest BCUT2D eigenvalue weighted by molar-refractivity contribution is 7.08. The Bertz CT molecular complexity index is 1100. The molecule has 0 bridgehead atoms. The molecule has 7 heteroatoms. The van der Waals surface area contributed by atoms with E-state index in [1.54, 1.807) is 15.9 Å². The molecule has 140 valence electrons. The second-order valence-electron chi connectivity index (χ2n) is 6.99. The molecule has 3 aromatic heterocycles. The maximum absolute atomic E-state index is 12.7. The fraction of sp³-hybridized carbons (Fsp3) is 0.238. The van der Waals surface area contributed by atoms with Crippen LogP contribution in [0.15, 0.2) is 59.3 Å². The Morgan fingerprint density at radius 2 is 1.82 bits per heavy atom. The standard InChI is InChI=1S/C21H19N5OS/c27-20(15-4-2-1-3-5-15)16-8-11-25(12-9-16)19-7-6-18-22-23-21(26(18)24-19)17-10-13-28-14-17/h1-7,10,13-14,16H,8-9,11-12H2. The fourth-order valence-electron chi connectivity index (χ4n) is 3.73.